The van der Waals surface area contributed by atoms with Crippen LogP contribution >= 0.6 is 0 Å². The van der Waals surface area contributed by atoms with Crippen LogP contribution in [0, 0.1) is 46.3 Å². The summed E-state index contributed by atoms with van der Waals surface area (Å²) in [5.41, 5.74) is 1.14. The van der Waals surface area contributed by atoms with Crippen LogP contribution in [-0.4, -0.2) is 43.9 Å². The third kappa shape index (κ3) is 4.25. The molecule has 1 saturated heterocycles. The molecule has 188 valence electrons. The van der Waals surface area contributed by atoms with Crippen molar-refractivity contribution in [1.82, 2.24) is 4.90 Å². The van der Waals surface area contributed by atoms with Gasteiger partial charge in [0.25, 0.3) is 0 Å². The van der Waals surface area contributed by atoms with E-state index in [4.69, 9.17) is 9.47 Å². The van der Waals surface area contributed by atoms with Crippen molar-refractivity contribution in [2.75, 3.05) is 32.9 Å². The predicted molar refractivity (Wildman–Crippen MR) is 132 cm³/mol. The van der Waals surface area contributed by atoms with Crippen molar-refractivity contribution in [3.05, 3.63) is 0 Å². The van der Waals surface area contributed by atoms with E-state index in [-0.39, 0.29) is 6.09 Å². The highest BCUT2D eigenvalue weighted by Crippen LogP contribution is 2.69. The minimum atomic E-state index is -0.141. The molecule has 0 bridgehead atoms. The van der Waals surface area contributed by atoms with Crippen molar-refractivity contribution in [2.24, 2.45) is 46.3 Å². The van der Waals surface area contributed by atoms with Crippen molar-refractivity contribution in [2.45, 2.75) is 97.8 Å². The van der Waals surface area contributed by atoms with Gasteiger partial charge in [0, 0.05) is 13.1 Å². The van der Waals surface area contributed by atoms with Gasteiger partial charge in [-0.1, -0.05) is 40.0 Å². The molecule has 33 heavy (non-hydrogen) atoms. The number of amides is 1. The van der Waals surface area contributed by atoms with Crippen LogP contribution in [0.3, 0.4) is 0 Å². The van der Waals surface area contributed by atoms with Gasteiger partial charge in [0.2, 0.25) is 0 Å². The number of fused-ring (bicyclic) bond motifs is 5. The fourth-order valence-corrected chi connectivity index (χ4v) is 9.93. The SMILES string of the molecule is CC[C@H]1CC2C3CCC(CCCOC(=O)N4CCOCC4)C3(C)CC[C@@H]2C2(C)CCCCC12. The number of carbonyl (C=O) groups is 1. The summed E-state index contributed by atoms with van der Waals surface area (Å²) in [7, 11) is 0. The van der Waals surface area contributed by atoms with E-state index in [1.54, 1.807) is 4.90 Å². The summed E-state index contributed by atoms with van der Waals surface area (Å²) in [5, 5.41) is 0. The molecular formula is C29H49NO3. The number of ether oxygens (including phenoxy) is 2. The molecule has 5 fully saturated rings. The lowest BCUT2D eigenvalue weighted by atomic mass is 9.42. The molecule has 4 aliphatic carbocycles. The van der Waals surface area contributed by atoms with Gasteiger partial charge in [-0.3, -0.25) is 0 Å². The minimum Gasteiger partial charge on any atom is -0.449 e. The quantitative estimate of drug-likeness (QED) is 0.419. The van der Waals surface area contributed by atoms with Gasteiger partial charge in [0.1, 0.15) is 0 Å². The molecule has 6 unspecified atom stereocenters. The lowest BCUT2D eigenvalue weighted by Gasteiger charge is -2.62. The Morgan fingerprint density at radius 1 is 0.970 bits per heavy atom. The average molecular weight is 460 g/mol. The zero-order valence-corrected chi connectivity index (χ0v) is 21.7. The summed E-state index contributed by atoms with van der Waals surface area (Å²) in [6.45, 7) is 11.0. The zero-order chi connectivity index (χ0) is 23.1. The van der Waals surface area contributed by atoms with Gasteiger partial charge in [-0.25, -0.2) is 4.79 Å². The molecule has 5 rings (SSSR count). The van der Waals surface area contributed by atoms with E-state index < -0.39 is 0 Å². The highest BCUT2D eigenvalue weighted by Gasteiger charge is 2.60. The molecular weight excluding hydrogens is 410 g/mol. The van der Waals surface area contributed by atoms with E-state index in [2.05, 4.69) is 20.8 Å². The molecule has 4 saturated carbocycles. The molecule has 1 amide bonds. The molecule has 0 N–H and O–H groups in total. The third-order valence-corrected chi connectivity index (χ3v) is 11.7. The van der Waals surface area contributed by atoms with E-state index in [1.807, 2.05) is 0 Å². The number of nitrogens with zero attached hydrogens (tertiary/aromatic N) is 1. The lowest BCUT2D eigenvalue weighted by molar-refractivity contribution is -0.135. The highest BCUT2D eigenvalue weighted by molar-refractivity contribution is 5.67. The van der Waals surface area contributed by atoms with Gasteiger partial charge in [0.15, 0.2) is 0 Å². The van der Waals surface area contributed by atoms with Crippen LogP contribution in [0.2, 0.25) is 0 Å². The maximum absolute atomic E-state index is 12.3. The van der Waals surface area contributed by atoms with Crippen LogP contribution in [0.15, 0.2) is 0 Å². The Morgan fingerprint density at radius 3 is 2.55 bits per heavy atom. The first-order valence-corrected chi connectivity index (χ1v) is 14.5. The first kappa shape index (κ1) is 23.9. The van der Waals surface area contributed by atoms with Gasteiger partial charge < -0.3 is 14.4 Å². The fourth-order valence-electron chi connectivity index (χ4n) is 9.93. The van der Waals surface area contributed by atoms with Crippen LogP contribution in [0.25, 0.3) is 0 Å². The number of hydrogen-bond donors (Lipinski definition) is 0. The van der Waals surface area contributed by atoms with Crippen LogP contribution < -0.4 is 0 Å². The average Bonchev–Trinajstić information content (AvgIpc) is 3.17. The van der Waals surface area contributed by atoms with Gasteiger partial charge in [-0.05, 0) is 104 Å². The lowest BCUT2D eigenvalue weighted by Crippen LogP contribution is -2.55. The Morgan fingerprint density at radius 2 is 1.76 bits per heavy atom. The number of rotatable bonds is 5. The molecule has 5 aliphatic rings. The van der Waals surface area contributed by atoms with Crippen LogP contribution in [-0.2, 0) is 9.47 Å². The van der Waals surface area contributed by atoms with Gasteiger partial charge in [-0.15, -0.1) is 0 Å². The van der Waals surface area contributed by atoms with Crippen LogP contribution in [0.5, 0.6) is 0 Å². The smallest absolute Gasteiger partial charge is 0.409 e. The standard InChI is InChI=1S/C29H49NO3/c1-4-21-20-23-25-11-10-22(8-7-17-33-27(31)30-15-18-32-19-16-30)28(25,2)14-12-26(23)29(3)13-6-5-9-24(21)29/h21-26H,4-20H2,1-3H3/t21-,22?,23?,24?,25?,26-,28?,29?/m0/s1. The Kier molecular flexibility index (Phi) is 7.04. The maximum Gasteiger partial charge on any atom is 0.409 e. The van der Waals surface area contributed by atoms with E-state index in [0.717, 1.165) is 41.9 Å². The first-order chi connectivity index (χ1) is 16.0. The van der Waals surface area contributed by atoms with Crippen molar-refractivity contribution in [1.29, 1.82) is 0 Å². The van der Waals surface area contributed by atoms with Crippen molar-refractivity contribution in [3.63, 3.8) is 0 Å². The predicted octanol–water partition coefficient (Wildman–Crippen LogP) is 6.92. The number of hydrogen-bond acceptors (Lipinski definition) is 3. The Labute approximate surface area is 202 Å². The van der Waals surface area contributed by atoms with E-state index in [0.29, 0.717) is 43.7 Å². The molecule has 0 aromatic carbocycles. The Bertz CT molecular complexity index is 690. The Hall–Kier alpha value is -0.770. The molecule has 0 radical (unpaired) electrons. The van der Waals surface area contributed by atoms with E-state index >= 15 is 0 Å². The summed E-state index contributed by atoms with van der Waals surface area (Å²) in [5.74, 6) is 5.68. The molecule has 1 aliphatic heterocycles. The molecule has 4 nitrogen and oxygen atoms in total. The van der Waals surface area contributed by atoms with Gasteiger partial charge >= 0.3 is 6.09 Å². The van der Waals surface area contributed by atoms with E-state index in [1.165, 1.54) is 70.6 Å². The summed E-state index contributed by atoms with van der Waals surface area (Å²) < 4.78 is 11.0. The van der Waals surface area contributed by atoms with Crippen molar-refractivity contribution in [3.8, 4) is 0 Å². The van der Waals surface area contributed by atoms with Crippen LogP contribution in [0.4, 0.5) is 4.79 Å². The first-order valence-electron chi connectivity index (χ1n) is 14.5. The largest absolute Gasteiger partial charge is 0.449 e. The summed E-state index contributed by atoms with van der Waals surface area (Å²) in [4.78, 5) is 14.1. The van der Waals surface area contributed by atoms with Crippen molar-refractivity contribution < 1.29 is 14.3 Å². The minimum absolute atomic E-state index is 0.141. The van der Waals surface area contributed by atoms with Gasteiger partial charge in [-0.2, -0.15) is 0 Å². The highest BCUT2D eigenvalue weighted by atomic mass is 16.6. The van der Waals surface area contributed by atoms with E-state index in [9.17, 15) is 4.79 Å². The summed E-state index contributed by atoms with van der Waals surface area (Å²) >= 11 is 0. The molecule has 1 heterocycles. The number of carbonyl (C=O) groups excluding carboxylic acids is 1. The normalized spacial score (nSPS) is 45.1. The maximum atomic E-state index is 12.3. The van der Waals surface area contributed by atoms with Crippen LogP contribution in [0.1, 0.15) is 97.8 Å². The molecule has 4 heteroatoms. The molecule has 0 spiro atoms. The second-order valence-electron chi connectivity index (χ2n) is 12.8. The molecule has 8 atom stereocenters. The molecule has 0 aromatic rings. The zero-order valence-electron chi connectivity index (χ0n) is 21.7. The summed E-state index contributed by atoms with van der Waals surface area (Å²) in [6, 6.07) is 0. The topological polar surface area (TPSA) is 38.8 Å². The fraction of sp³-hybridized carbons (Fsp3) is 0.966. The second kappa shape index (κ2) is 9.70. The Balaban J connectivity index is 1.19. The second-order valence-corrected chi connectivity index (χ2v) is 12.8. The third-order valence-electron chi connectivity index (χ3n) is 11.7. The van der Waals surface area contributed by atoms with Gasteiger partial charge in [0.05, 0.1) is 19.8 Å². The monoisotopic (exact) mass is 459 g/mol. The van der Waals surface area contributed by atoms with Crippen molar-refractivity contribution >= 4 is 6.09 Å². The molecule has 0 aromatic heterocycles. The summed E-state index contributed by atoms with van der Waals surface area (Å²) in [6.07, 6.45) is 16.8. The number of morpholine rings is 1.